The van der Waals surface area contributed by atoms with Gasteiger partial charge in [0.15, 0.2) is 0 Å². The third-order valence-electron chi connectivity index (χ3n) is 8.43. The first-order chi connectivity index (χ1) is 16.7. The minimum atomic E-state index is -0.991. The molecule has 190 valence electrons. The Balaban J connectivity index is 1.39. The summed E-state index contributed by atoms with van der Waals surface area (Å²) in [6.45, 7) is 2.23. The van der Waals surface area contributed by atoms with Gasteiger partial charge in [0.05, 0.1) is 12.8 Å². The third-order valence-corrected chi connectivity index (χ3v) is 8.43. The van der Waals surface area contributed by atoms with Gasteiger partial charge in [0.2, 0.25) is 0 Å². The highest BCUT2D eigenvalue weighted by Gasteiger charge is 2.56. The number of aryl methyl sites for hydroxylation is 1. The number of esters is 2. The number of carbonyl (C=O) groups excluding carboxylic acids is 2. The number of carboxylic acid groups (broad SMARTS) is 2. The Morgan fingerprint density at radius 2 is 1.71 bits per heavy atom. The summed E-state index contributed by atoms with van der Waals surface area (Å²) in [5, 5.41) is 17.5. The molecule has 3 unspecified atom stereocenters. The van der Waals surface area contributed by atoms with Gasteiger partial charge in [0.25, 0.3) is 0 Å². The fraction of sp³-hybridized carbons (Fsp3) is 0.630. The second-order valence-corrected chi connectivity index (χ2v) is 10.5. The molecule has 1 aromatic rings. The van der Waals surface area contributed by atoms with Crippen LogP contribution in [0.1, 0.15) is 88.2 Å². The summed E-state index contributed by atoms with van der Waals surface area (Å²) in [4.78, 5) is 45.7. The summed E-state index contributed by atoms with van der Waals surface area (Å²) in [5.41, 5.74) is 2.44. The molecule has 5 atom stereocenters. The molecule has 0 saturated heterocycles. The molecule has 2 N–H and O–H groups in total. The number of benzene rings is 1. The van der Waals surface area contributed by atoms with Gasteiger partial charge in [-0.15, -0.1) is 0 Å². The van der Waals surface area contributed by atoms with E-state index in [1.807, 2.05) is 12.1 Å². The summed E-state index contributed by atoms with van der Waals surface area (Å²) < 4.78 is 11.2. The van der Waals surface area contributed by atoms with Crippen LogP contribution in [0.15, 0.2) is 18.2 Å². The Labute approximate surface area is 205 Å². The molecule has 0 aromatic heterocycles. The van der Waals surface area contributed by atoms with Gasteiger partial charge in [-0.3, -0.25) is 19.2 Å². The van der Waals surface area contributed by atoms with Crippen molar-refractivity contribution in [3.63, 3.8) is 0 Å². The summed E-state index contributed by atoms with van der Waals surface area (Å²) in [5.74, 6) is -0.837. The van der Waals surface area contributed by atoms with Crippen LogP contribution in [0.2, 0.25) is 0 Å². The van der Waals surface area contributed by atoms with Crippen LogP contribution in [0, 0.1) is 17.3 Å². The van der Waals surface area contributed by atoms with E-state index in [-0.39, 0.29) is 43.6 Å². The van der Waals surface area contributed by atoms with Crippen molar-refractivity contribution in [2.75, 3.05) is 0 Å². The highest BCUT2D eigenvalue weighted by molar-refractivity contribution is 5.76. The molecule has 0 bridgehead atoms. The summed E-state index contributed by atoms with van der Waals surface area (Å²) in [7, 11) is 0. The van der Waals surface area contributed by atoms with E-state index in [9.17, 15) is 19.2 Å². The molecule has 3 aliphatic carbocycles. The smallest absolute Gasteiger partial charge is 0.311 e. The van der Waals surface area contributed by atoms with Gasteiger partial charge in [-0.1, -0.05) is 13.0 Å². The maximum Gasteiger partial charge on any atom is 0.311 e. The molecular weight excluding hydrogens is 452 g/mol. The third kappa shape index (κ3) is 5.52. The lowest BCUT2D eigenvalue weighted by molar-refractivity contribution is -0.159. The fourth-order valence-corrected chi connectivity index (χ4v) is 6.76. The number of hydrogen-bond donors (Lipinski definition) is 2. The Morgan fingerprint density at radius 1 is 0.943 bits per heavy atom. The molecule has 0 spiro atoms. The molecule has 4 rings (SSSR count). The number of ether oxygens (including phenoxy) is 2. The molecule has 0 aliphatic heterocycles. The summed E-state index contributed by atoms with van der Waals surface area (Å²) in [6, 6.07) is 5.87. The average molecular weight is 487 g/mol. The minimum absolute atomic E-state index is 0.0508. The Morgan fingerprint density at radius 3 is 2.46 bits per heavy atom. The molecule has 35 heavy (non-hydrogen) atoms. The van der Waals surface area contributed by atoms with E-state index in [4.69, 9.17) is 19.7 Å². The van der Waals surface area contributed by atoms with Crippen LogP contribution in [0.5, 0.6) is 5.75 Å². The molecule has 8 nitrogen and oxygen atoms in total. The van der Waals surface area contributed by atoms with E-state index in [0.717, 1.165) is 38.5 Å². The van der Waals surface area contributed by atoms with Gasteiger partial charge in [-0.05, 0) is 86.0 Å². The highest BCUT2D eigenvalue weighted by atomic mass is 16.5. The zero-order chi connectivity index (χ0) is 25.2. The molecule has 8 heteroatoms. The van der Waals surface area contributed by atoms with Gasteiger partial charge in [0, 0.05) is 18.3 Å². The predicted molar refractivity (Wildman–Crippen MR) is 125 cm³/mol. The number of rotatable bonds is 9. The van der Waals surface area contributed by atoms with Crippen molar-refractivity contribution in [2.45, 2.75) is 89.6 Å². The minimum Gasteiger partial charge on any atom is -0.481 e. The first kappa shape index (κ1) is 25.2. The van der Waals surface area contributed by atoms with Crippen LogP contribution in [-0.2, 0) is 30.3 Å². The summed E-state index contributed by atoms with van der Waals surface area (Å²) in [6.07, 6.45) is 5.58. The van der Waals surface area contributed by atoms with Crippen LogP contribution >= 0.6 is 0 Å². The first-order valence-corrected chi connectivity index (χ1v) is 12.6. The first-order valence-electron chi connectivity index (χ1n) is 12.6. The van der Waals surface area contributed by atoms with Gasteiger partial charge < -0.3 is 19.7 Å². The van der Waals surface area contributed by atoms with Crippen molar-refractivity contribution in [3.05, 3.63) is 29.3 Å². The molecular formula is C27H34O8. The number of carbonyl (C=O) groups is 4. The van der Waals surface area contributed by atoms with Crippen molar-refractivity contribution < 1.29 is 38.9 Å². The normalized spacial score (nSPS) is 28.8. The monoisotopic (exact) mass is 486 g/mol. The maximum absolute atomic E-state index is 12.2. The SMILES string of the molecule is C[C@]12CCC3c4ccc(OC(=O)CCCC(=O)O)cc4CCC3C1CC[C@@H]2OC(=O)CCC(=O)O. The quantitative estimate of drug-likeness (QED) is 0.386. The van der Waals surface area contributed by atoms with E-state index in [2.05, 4.69) is 13.0 Å². The van der Waals surface area contributed by atoms with Gasteiger partial charge in [0.1, 0.15) is 11.9 Å². The van der Waals surface area contributed by atoms with Crippen molar-refractivity contribution in [2.24, 2.45) is 17.3 Å². The van der Waals surface area contributed by atoms with Gasteiger partial charge in [-0.25, -0.2) is 0 Å². The van der Waals surface area contributed by atoms with Crippen molar-refractivity contribution in [1.29, 1.82) is 0 Å². The maximum atomic E-state index is 12.2. The van der Waals surface area contributed by atoms with Crippen LogP contribution in [0.25, 0.3) is 0 Å². The molecule has 2 fully saturated rings. The molecule has 0 heterocycles. The standard InChI is InChI=1S/C27H34O8/c1-27-14-13-19-18-8-6-17(34-25(32)4-2-3-23(28)29)15-16(18)5-7-20(19)21(27)9-10-22(27)35-26(33)12-11-24(30)31/h6,8,15,19-22H,2-5,7,9-14H2,1H3,(H,28,29)(H,30,31)/t19?,20?,21?,22-,27-/m0/s1. The lowest BCUT2D eigenvalue weighted by Gasteiger charge is -2.50. The Kier molecular flexibility index (Phi) is 7.47. The lowest BCUT2D eigenvalue weighted by Crippen LogP contribution is -2.45. The van der Waals surface area contributed by atoms with Crippen LogP contribution in [-0.4, -0.2) is 40.2 Å². The van der Waals surface area contributed by atoms with Crippen LogP contribution < -0.4 is 4.74 Å². The number of hydrogen-bond acceptors (Lipinski definition) is 6. The Bertz CT molecular complexity index is 1000. The van der Waals surface area contributed by atoms with Gasteiger partial charge >= 0.3 is 23.9 Å². The van der Waals surface area contributed by atoms with Crippen LogP contribution in [0.4, 0.5) is 0 Å². The average Bonchev–Trinajstić information content (AvgIpc) is 3.13. The molecule has 2 saturated carbocycles. The second-order valence-electron chi connectivity index (χ2n) is 10.5. The Hall–Kier alpha value is -2.90. The lowest BCUT2D eigenvalue weighted by atomic mass is 9.55. The van der Waals surface area contributed by atoms with Crippen molar-refractivity contribution in [1.82, 2.24) is 0 Å². The largest absolute Gasteiger partial charge is 0.481 e. The molecule has 0 amide bonds. The summed E-state index contributed by atoms with van der Waals surface area (Å²) >= 11 is 0. The van der Waals surface area contributed by atoms with E-state index in [1.165, 1.54) is 11.1 Å². The predicted octanol–water partition coefficient (Wildman–Crippen LogP) is 4.48. The second kappa shape index (κ2) is 10.4. The van der Waals surface area contributed by atoms with Crippen molar-refractivity contribution in [3.8, 4) is 5.75 Å². The number of carboxylic acids is 2. The molecule has 3 aliphatic rings. The van der Waals surface area contributed by atoms with Crippen molar-refractivity contribution >= 4 is 23.9 Å². The van der Waals surface area contributed by atoms with E-state index in [1.54, 1.807) is 0 Å². The molecule has 1 aromatic carbocycles. The molecule has 0 radical (unpaired) electrons. The number of aliphatic carboxylic acids is 2. The van der Waals surface area contributed by atoms with E-state index in [0.29, 0.717) is 23.5 Å². The van der Waals surface area contributed by atoms with Crippen LogP contribution in [0.3, 0.4) is 0 Å². The van der Waals surface area contributed by atoms with E-state index >= 15 is 0 Å². The topological polar surface area (TPSA) is 127 Å². The number of fused-ring (bicyclic) bond motifs is 5. The fourth-order valence-electron chi connectivity index (χ4n) is 6.76. The zero-order valence-electron chi connectivity index (χ0n) is 20.2. The van der Waals surface area contributed by atoms with Gasteiger partial charge in [-0.2, -0.15) is 0 Å². The van der Waals surface area contributed by atoms with E-state index < -0.39 is 23.9 Å². The zero-order valence-corrected chi connectivity index (χ0v) is 20.2. The highest BCUT2D eigenvalue weighted by Crippen LogP contribution is 2.61.